The Bertz CT molecular complexity index is 622. The Hall–Kier alpha value is -2.11. The molecule has 0 spiro atoms. The number of ketones is 1. The van der Waals surface area contributed by atoms with Crippen molar-refractivity contribution in [3.63, 3.8) is 0 Å². The number of imidazole rings is 1. The first-order valence-corrected chi connectivity index (χ1v) is 5.75. The summed E-state index contributed by atoms with van der Waals surface area (Å²) in [7, 11) is 0. The fourth-order valence-corrected chi connectivity index (χ4v) is 1.76. The van der Waals surface area contributed by atoms with Crippen molar-refractivity contribution in [1.29, 1.82) is 0 Å². The quantitative estimate of drug-likeness (QED) is 0.631. The molecule has 0 saturated carbocycles. The van der Waals surface area contributed by atoms with Gasteiger partial charge in [0.25, 0.3) is 0 Å². The molecule has 0 aliphatic carbocycles. The summed E-state index contributed by atoms with van der Waals surface area (Å²) in [6, 6.07) is 1.64. The van der Waals surface area contributed by atoms with Gasteiger partial charge in [-0.3, -0.25) is 4.79 Å². The fourth-order valence-electron chi connectivity index (χ4n) is 1.76. The summed E-state index contributed by atoms with van der Waals surface area (Å²) >= 11 is 0. The van der Waals surface area contributed by atoms with Gasteiger partial charge >= 0.3 is 0 Å². The molecule has 0 N–H and O–H groups in total. The smallest absolute Gasteiger partial charge is 0.231 e. The van der Waals surface area contributed by atoms with Crippen LogP contribution in [0.25, 0.3) is 0 Å². The van der Waals surface area contributed by atoms with Crippen molar-refractivity contribution in [3.05, 3.63) is 53.4 Å². The van der Waals surface area contributed by atoms with Crippen LogP contribution in [0.1, 0.15) is 29.5 Å². The molecule has 1 aromatic heterocycles. The molecule has 0 unspecified atom stereocenters. The van der Waals surface area contributed by atoms with E-state index >= 15 is 0 Å². The lowest BCUT2D eigenvalue weighted by Gasteiger charge is -2.06. The molecule has 0 saturated heterocycles. The number of halogens is 3. The van der Waals surface area contributed by atoms with E-state index in [-0.39, 0.29) is 5.82 Å². The first kappa shape index (κ1) is 13.3. The van der Waals surface area contributed by atoms with E-state index in [4.69, 9.17) is 0 Å². The fraction of sp³-hybridized carbons (Fsp3) is 0.231. The van der Waals surface area contributed by atoms with Gasteiger partial charge < -0.3 is 4.57 Å². The van der Waals surface area contributed by atoms with Crippen LogP contribution in [0.2, 0.25) is 0 Å². The molecule has 6 heteroatoms. The highest BCUT2D eigenvalue weighted by Gasteiger charge is 2.22. The summed E-state index contributed by atoms with van der Waals surface area (Å²) in [6.07, 6.45) is 3.74. The molecule has 3 nitrogen and oxygen atoms in total. The van der Waals surface area contributed by atoms with Gasteiger partial charge in [0.05, 0.1) is 5.56 Å². The van der Waals surface area contributed by atoms with Gasteiger partial charge in [0.15, 0.2) is 23.3 Å². The lowest BCUT2D eigenvalue weighted by Crippen LogP contribution is -2.14. The molecule has 19 heavy (non-hydrogen) atoms. The van der Waals surface area contributed by atoms with Gasteiger partial charge in [-0.1, -0.05) is 6.92 Å². The zero-order chi connectivity index (χ0) is 14.0. The zero-order valence-corrected chi connectivity index (χ0v) is 10.2. The Morgan fingerprint density at radius 3 is 2.68 bits per heavy atom. The lowest BCUT2D eigenvalue weighted by molar-refractivity contribution is 0.102. The molecule has 0 fully saturated rings. The van der Waals surface area contributed by atoms with E-state index in [1.54, 1.807) is 10.8 Å². The summed E-state index contributed by atoms with van der Waals surface area (Å²) in [5.41, 5.74) is -0.526. The summed E-state index contributed by atoms with van der Waals surface area (Å²) in [5, 5.41) is 0. The first-order chi connectivity index (χ1) is 9.06. The number of aromatic nitrogens is 2. The third-order valence-electron chi connectivity index (χ3n) is 2.66. The van der Waals surface area contributed by atoms with Crippen molar-refractivity contribution in [2.45, 2.75) is 19.9 Å². The SMILES string of the molecule is CCCn1ccnc1C(=O)c1ccc(F)c(F)c1F. The molecular formula is C13H11F3N2O. The number of nitrogens with zero attached hydrogens (tertiary/aromatic N) is 2. The van der Waals surface area contributed by atoms with E-state index in [1.165, 1.54) is 6.20 Å². The third-order valence-corrected chi connectivity index (χ3v) is 2.66. The van der Waals surface area contributed by atoms with Crippen molar-refractivity contribution < 1.29 is 18.0 Å². The van der Waals surface area contributed by atoms with Crippen molar-refractivity contribution in [2.24, 2.45) is 0 Å². The maximum absolute atomic E-state index is 13.5. The second kappa shape index (κ2) is 5.26. The normalized spacial score (nSPS) is 10.7. The van der Waals surface area contributed by atoms with E-state index < -0.39 is 28.8 Å². The number of carbonyl (C=O) groups excluding carboxylic acids is 1. The van der Waals surface area contributed by atoms with E-state index in [1.807, 2.05) is 6.92 Å². The van der Waals surface area contributed by atoms with Gasteiger partial charge in [-0.05, 0) is 18.6 Å². The monoisotopic (exact) mass is 268 g/mol. The van der Waals surface area contributed by atoms with Gasteiger partial charge in [-0.15, -0.1) is 0 Å². The number of rotatable bonds is 4. The van der Waals surface area contributed by atoms with Crippen LogP contribution in [0.5, 0.6) is 0 Å². The number of aryl methyl sites for hydroxylation is 1. The van der Waals surface area contributed by atoms with Crippen molar-refractivity contribution in [2.75, 3.05) is 0 Å². The van der Waals surface area contributed by atoms with Crippen LogP contribution < -0.4 is 0 Å². The van der Waals surface area contributed by atoms with E-state index in [9.17, 15) is 18.0 Å². The van der Waals surface area contributed by atoms with Crippen LogP contribution >= 0.6 is 0 Å². The number of hydrogen-bond donors (Lipinski definition) is 0. The lowest BCUT2D eigenvalue weighted by atomic mass is 10.1. The van der Waals surface area contributed by atoms with Crippen molar-refractivity contribution in [3.8, 4) is 0 Å². The molecule has 2 aromatic rings. The van der Waals surface area contributed by atoms with Crippen LogP contribution in [0.3, 0.4) is 0 Å². The molecule has 0 aliphatic rings. The van der Waals surface area contributed by atoms with Crippen molar-refractivity contribution in [1.82, 2.24) is 9.55 Å². The van der Waals surface area contributed by atoms with Gasteiger partial charge in [0.2, 0.25) is 5.78 Å². The molecule has 0 aliphatic heterocycles. The van der Waals surface area contributed by atoms with Crippen LogP contribution in [0.15, 0.2) is 24.5 Å². The average molecular weight is 268 g/mol. The predicted octanol–water partition coefficient (Wildman–Crippen LogP) is 2.94. The Balaban J connectivity index is 2.45. The van der Waals surface area contributed by atoms with Crippen LogP contribution in [0.4, 0.5) is 13.2 Å². The highest BCUT2D eigenvalue weighted by Crippen LogP contribution is 2.18. The summed E-state index contributed by atoms with van der Waals surface area (Å²) < 4.78 is 41.0. The minimum absolute atomic E-state index is 0.00626. The average Bonchev–Trinajstić information content (AvgIpc) is 2.84. The molecule has 0 radical (unpaired) electrons. The van der Waals surface area contributed by atoms with E-state index in [0.29, 0.717) is 6.54 Å². The molecule has 1 aromatic carbocycles. The molecule has 0 atom stereocenters. The highest BCUT2D eigenvalue weighted by molar-refractivity contribution is 6.06. The molecule has 0 bridgehead atoms. The Labute approximate surface area is 107 Å². The number of carbonyl (C=O) groups is 1. The molecular weight excluding hydrogens is 257 g/mol. The summed E-state index contributed by atoms with van der Waals surface area (Å²) in [4.78, 5) is 15.9. The summed E-state index contributed by atoms with van der Waals surface area (Å²) in [6.45, 7) is 2.44. The largest absolute Gasteiger partial charge is 0.328 e. The Morgan fingerprint density at radius 2 is 2.00 bits per heavy atom. The highest BCUT2D eigenvalue weighted by atomic mass is 19.2. The van der Waals surface area contributed by atoms with Crippen LogP contribution in [0, 0.1) is 17.5 Å². The minimum atomic E-state index is -1.65. The second-order valence-corrected chi connectivity index (χ2v) is 4.00. The molecule has 1 heterocycles. The second-order valence-electron chi connectivity index (χ2n) is 4.00. The third kappa shape index (κ3) is 2.38. The molecule has 2 rings (SSSR count). The van der Waals surface area contributed by atoms with Gasteiger partial charge in [-0.2, -0.15) is 0 Å². The number of benzene rings is 1. The number of hydrogen-bond acceptors (Lipinski definition) is 2. The minimum Gasteiger partial charge on any atom is -0.328 e. The summed E-state index contributed by atoms with van der Waals surface area (Å²) in [5.74, 6) is -5.23. The predicted molar refractivity (Wildman–Crippen MR) is 62.3 cm³/mol. The maximum Gasteiger partial charge on any atom is 0.231 e. The standard InChI is InChI=1S/C13H11F3N2O/c1-2-6-18-7-5-17-13(18)12(19)8-3-4-9(14)11(16)10(8)15/h3-5,7H,2,6H2,1H3. The van der Waals surface area contributed by atoms with Crippen LogP contribution in [-0.2, 0) is 6.54 Å². The molecule has 100 valence electrons. The van der Waals surface area contributed by atoms with Crippen LogP contribution in [-0.4, -0.2) is 15.3 Å². The van der Waals surface area contributed by atoms with Crippen molar-refractivity contribution >= 4 is 5.78 Å². The Morgan fingerprint density at radius 1 is 1.26 bits per heavy atom. The van der Waals surface area contributed by atoms with E-state index in [2.05, 4.69) is 4.98 Å². The maximum atomic E-state index is 13.5. The van der Waals surface area contributed by atoms with E-state index in [0.717, 1.165) is 18.6 Å². The van der Waals surface area contributed by atoms with Gasteiger partial charge in [0, 0.05) is 18.9 Å². The molecule has 0 amide bonds. The topological polar surface area (TPSA) is 34.9 Å². The van der Waals surface area contributed by atoms with Gasteiger partial charge in [0.1, 0.15) is 0 Å². The zero-order valence-electron chi connectivity index (χ0n) is 10.2. The Kier molecular flexibility index (Phi) is 3.69. The van der Waals surface area contributed by atoms with Gasteiger partial charge in [-0.25, -0.2) is 18.2 Å². The first-order valence-electron chi connectivity index (χ1n) is 5.75.